The van der Waals surface area contributed by atoms with Gasteiger partial charge in [0.05, 0.1) is 25.2 Å². The zero-order valence-corrected chi connectivity index (χ0v) is 22.2. The third kappa shape index (κ3) is 5.08. The van der Waals surface area contributed by atoms with Crippen molar-refractivity contribution in [3.63, 3.8) is 0 Å². The van der Waals surface area contributed by atoms with Gasteiger partial charge < -0.3 is 19.4 Å². The molecule has 198 valence electrons. The molecule has 0 fully saturated rings. The molecule has 2 N–H and O–H groups in total. The second-order valence-electron chi connectivity index (χ2n) is 8.85. The van der Waals surface area contributed by atoms with E-state index in [1.807, 2.05) is 36.4 Å². The zero-order valence-electron chi connectivity index (χ0n) is 21.4. The Kier molecular flexibility index (Phi) is 7.33. The molecule has 0 radical (unpaired) electrons. The van der Waals surface area contributed by atoms with E-state index >= 15 is 0 Å². The number of ether oxygens (including phenoxy) is 2. The summed E-state index contributed by atoms with van der Waals surface area (Å²) in [5.74, 6) is 0.712. The van der Waals surface area contributed by atoms with E-state index in [0.717, 1.165) is 11.1 Å². The molecule has 1 amide bonds. The van der Waals surface area contributed by atoms with E-state index in [-0.39, 0.29) is 28.5 Å². The van der Waals surface area contributed by atoms with Crippen LogP contribution in [-0.4, -0.2) is 34.1 Å². The first-order valence-electron chi connectivity index (χ1n) is 12.2. The van der Waals surface area contributed by atoms with Crippen LogP contribution in [0.25, 0.3) is 16.7 Å². The fourth-order valence-electron chi connectivity index (χ4n) is 4.47. The molecule has 3 heterocycles. The maximum absolute atomic E-state index is 13.4. The van der Waals surface area contributed by atoms with Crippen LogP contribution in [0.15, 0.2) is 77.7 Å². The Bertz CT molecular complexity index is 1830. The van der Waals surface area contributed by atoms with Gasteiger partial charge in [-0.2, -0.15) is 0 Å². The quantitative estimate of drug-likeness (QED) is 0.288. The van der Waals surface area contributed by atoms with E-state index in [0.29, 0.717) is 40.8 Å². The number of aryl methyl sites for hydroxylation is 2. The lowest BCUT2D eigenvalue weighted by molar-refractivity contribution is 0.0948. The van der Waals surface area contributed by atoms with E-state index in [1.165, 1.54) is 10.5 Å². The van der Waals surface area contributed by atoms with Crippen LogP contribution in [0.4, 0.5) is 0 Å². The molecule has 2 aromatic carbocycles. The number of halogens is 1. The highest BCUT2D eigenvalue weighted by molar-refractivity contribution is 6.31. The van der Waals surface area contributed by atoms with Gasteiger partial charge in [-0.15, -0.1) is 0 Å². The van der Waals surface area contributed by atoms with Crippen LogP contribution in [0.5, 0.6) is 11.5 Å². The first-order valence-corrected chi connectivity index (χ1v) is 12.6. The van der Waals surface area contributed by atoms with Crippen molar-refractivity contribution in [1.29, 1.82) is 5.41 Å². The van der Waals surface area contributed by atoms with Crippen molar-refractivity contribution in [2.75, 3.05) is 14.2 Å². The molecule has 10 heteroatoms. The Labute approximate surface area is 228 Å². The largest absolute Gasteiger partial charge is 0.493 e. The summed E-state index contributed by atoms with van der Waals surface area (Å²) < 4.78 is 13.8. The van der Waals surface area contributed by atoms with E-state index in [2.05, 4.69) is 5.32 Å². The molecule has 0 aliphatic heterocycles. The molecule has 0 aliphatic carbocycles. The number of rotatable bonds is 8. The molecule has 9 nitrogen and oxygen atoms in total. The van der Waals surface area contributed by atoms with Gasteiger partial charge in [-0.05, 0) is 53.9 Å². The van der Waals surface area contributed by atoms with Crippen molar-refractivity contribution in [1.82, 2.24) is 19.3 Å². The number of carbonyl (C=O) groups excluding carboxylic acids is 1. The number of methoxy groups -OCH3 is 2. The summed E-state index contributed by atoms with van der Waals surface area (Å²) in [6, 6.07) is 19.5. The zero-order chi connectivity index (χ0) is 27.5. The lowest BCUT2D eigenvalue weighted by Crippen LogP contribution is -2.35. The molecular formula is C29H26ClN5O4. The minimum atomic E-state index is -0.487. The molecule has 5 rings (SSSR count). The summed E-state index contributed by atoms with van der Waals surface area (Å²) in [4.78, 5) is 31.4. The maximum atomic E-state index is 13.4. The normalized spacial score (nSPS) is 11.1. The second-order valence-corrected chi connectivity index (χ2v) is 9.26. The van der Waals surface area contributed by atoms with Gasteiger partial charge in [-0.25, -0.2) is 4.98 Å². The number of nitrogens with one attached hydrogen (secondary N) is 2. The van der Waals surface area contributed by atoms with Crippen LogP contribution < -0.4 is 25.8 Å². The second kappa shape index (κ2) is 11.0. The van der Waals surface area contributed by atoms with Crippen LogP contribution in [0, 0.1) is 5.41 Å². The molecule has 0 unspecified atom stereocenters. The molecule has 0 saturated carbocycles. The summed E-state index contributed by atoms with van der Waals surface area (Å²) in [6.45, 7) is 0.475. The summed E-state index contributed by atoms with van der Waals surface area (Å²) in [7, 11) is 3.14. The average molecular weight is 544 g/mol. The number of hydrogen-bond acceptors (Lipinski definition) is 6. The molecule has 0 saturated heterocycles. The van der Waals surface area contributed by atoms with Gasteiger partial charge in [0, 0.05) is 24.3 Å². The van der Waals surface area contributed by atoms with Crippen molar-refractivity contribution in [2.24, 2.45) is 0 Å². The number of nitrogens with zero attached hydrogens (tertiary/aromatic N) is 3. The van der Waals surface area contributed by atoms with E-state index in [1.54, 1.807) is 49.2 Å². The van der Waals surface area contributed by atoms with Crippen LogP contribution >= 0.6 is 11.6 Å². The van der Waals surface area contributed by atoms with Crippen molar-refractivity contribution in [2.45, 2.75) is 19.5 Å². The van der Waals surface area contributed by atoms with Crippen LogP contribution in [-0.2, 0) is 19.5 Å². The molecular weight excluding hydrogens is 518 g/mol. The molecule has 0 aliphatic rings. The smallest absolute Gasteiger partial charge is 0.267 e. The van der Waals surface area contributed by atoms with Crippen molar-refractivity contribution in [3.05, 3.63) is 110 Å². The Morgan fingerprint density at radius 3 is 2.56 bits per heavy atom. The van der Waals surface area contributed by atoms with Gasteiger partial charge in [0.15, 0.2) is 11.5 Å². The van der Waals surface area contributed by atoms with Crippen LogP contribution in [0.3, 0.4) is 0 Å². The topological polar surface area (TPSA) is 111 Å². The SMILES string of the molecule is COc1ccc(CCn2c(=N)c(C(=O)NCc3ccccc3Cl)cc3c(=O)n4ccccc4nc32)cc1OC. The Morgan fingerprint density at radius 2 is 1.79 bits per heavy atom. The average Bonchev–Trinajstić information content (AvgIpc) is 2.96. The summed E-state index contributed by atoms with van der Waals surface area (Å²) in [5, 5.41) is 12.6. The fourth-order valence-corrected chi connectivity index (χ4v) is 4.67. The Hall–Kier alpha value is -4.63. The van der Waals surface area contributed by atoms with Gasteiger partial charge in [-0.3, -0.25) is 19.4 Å². The lowest BCUT2D eigenvalue weighted by Gasteiger charge is -2.15. The molecule has 0 bridgehead atoms. The van der Waals surface area contributed by atoms with E-state index in [4.69, 9.17) is 31.5 Å². The number of fused-ring (bicyclic) bond motifs is 2. The molecule has 0 spiro atoms. The van der Waals surface area contributed by atoms with Gasteiger partial charge in [0.25, 0.3) is 11.5 Å². The first-order chi connectivity index (χ1) is 18.9. The third-order valence-electron chi connectivity index (χ3n) is 6.53. The summed E-state index contributed by atoms with van der Waals surface area (Å²) in [5.41, 5.74) is 2.15. The Morgan fingerprint density at radius 1 is 1.03 bits per heavy atom. The van der Waals surface area contributed by atoms with E-state index < -0.39 is 5.91 Å². The van der Waals surface area contributed by atoms with Gasteiger partial charge in [0.2, 0.25) is 0 Å². The number of aromatic nitrogens is 3. The standard InChI is InChI=1S/C29H26ClN5O4/c1-38-23-11-10-18(15-24(23)39-2)12-14-35-26(31)20(28(36)32-17-19-7-3-4-8-22(19)30)16-21-27(35)33-25-9-5-6-13-34(25)29(21)37/h3-11,13,15-16,31H,12,14,17H2,1-2H3,(H,32,36). The minimum Gasteiger partial charge on any atom is -0.493 e. The van der Waals surface area contributed by atoms with Crippen LogP contribution in [0.2, 0.25) is 5.02 Å². The van der Waals surface area contributed by atoms with E-state index in [9.17, 15) is 9.59 Å². The first kappa shape index (κ1) is 26.0. The highest BCUT2D eigenvalue weighted by Gasteiger charge is 2.18. The highest BCUT2D eigenvalue weighted by Crippen LogP contribution is 2.28. The highest BCUT2D eigenvalue weighted by atomic mass is 35.5. The predicted octanol–water partition coefficient (Wildman–Crippen LogP) is 3.97. The van der Waals surface area contributed by atoms with Crippen molar-refractivity contribution < 1.29 is 14.3 Å². The lowest BCUT2D eigenvalue weighted by atomic mass is 10.1. The number of pyridine rings is 2. The third-order valence-corrected chi connectivity index (χ3v) is 6.90. The molecule has 0 atom stereocenters. The maximum Gasteiger partial charge on any atom is 0.267 e. The number of amides is 1. The number of carbonyl (C=O) groups is 1. The number of hydrogen-bond donors (Lipinski definition) is 2. The van der Waals surface area contributed by atoms with Crippen LogP contribution in [0.1, 0.15) is 21.5 Å². The molecule has 39 heavy (non-hydrogen) atoms. The van der Waals surface area contributed by atoms with Gasteiger partial charge >= 0.3 is 0 Å². The van der Waals surface area contributed by atoms with Crippen molar-refractivity contribution in [3.8, 4) is 11.5 Å². The fraction of sp³-hybridized carbons (Fsp3) is 0.172. The molecule has 3 aromatic heterocycles. The molecule has 5 aromatic rings. The minimum absolute atomic E-state index is 0.0492. The summed E-state index contributed by atoms with van der Waals surface area (Å²) >= 11 is 6.24. The van der Waals surface area contributed by atoms with Crippen molar-refractivity contribution >= 4 is 34.2 Å². The predicted molar refractivity (Wildman–Crippen MR) is 149 cm³/mol. The summed E-state index contributed by atoms with van der Waals surface area (Å²) in [6.07, 6.45) is 2.12. The number of benzene rings is 2. The van der Waals surface area contributed by atoms with Gasteiger partial charge in [0.1, 0.15) is 16.8 Å². The monoisotopic (exact) mass is 543 g/mol. The Balaban J connectivity index is 1.58. The van der Waals surface area contributed by atoms with Gasteiger partial charge in [-0.1, -0.05) is 41.9 Å².